The summed E-state index contributed by atoms with van der Waals surface area (Å²) in [7, 11) is 1.46. The lowest BCUT2D eigenvalue weighted by atomic mass is 10.1. The Hall–Kier alpha value is -2.04. The Labute approximate surface area is 99.4 Å². The number of carbonyl (C=O) groups excluding carboxylic acids is 1. The number of nitrogens with one attached hydrogen (secondary N) is 1. The number of benzene rings is 1. The van der Waals surface area contributed by atoms with Crippen LogP contribution in [0.15, 0.2) is 18.2 Å². The average Bonchev–Trinajstić information content (AvgIpc) is 2.28. The minimum absolute atomic E-state index is 0.102. The molecular weight excluding hydrogens is 222 g/mol. The zero-order valence-electron chi connectivity index (χ0n) is 9.98. The van der Waals surface area contributed by atoms with Crippen LogP contribution in [0.25, 0.3) is 0 Å². The van der Waals surface area contributed by atoms with Crippen LogP contribution in [0.3, 0.4) is 0 Å². The summed E-state index contributed by atoms with van der Waals surface area (Å²) < 4.78 is 5.05. The van der Waals surface area contributed by atoms with Crippen molar-refractivity contribution < 1.29 is 19.4 Å². The Morgan fingerprint density at radius 3 is 2.47 bits per heavy atom. The maximum absolute atomic E-state index is 11.5. The molecular formula is C12H15NO4. The van der Waals surface area contributed by atoms with Crippen LogP contribution in [0.1, 0.15) is 24.2 Å². The molecule has 0 saturated carbocycles. The van der Waals surface area contributed by atoms with Crippen molar-refractivity contribution in [3.8, 4) is 5.75 Å². The number of aromatic carboxylic acids is 1. The van der Waals surface area contributed by atoms with Gasteiger partial charge in [-0.1, -0.05) is 13.8 Å². The van der Waals surface area contributed by atoms with E-state index in [2.05, 4.69) is 5.32 Å². The van der Waals surface area contributed by atoms with Gasteiger partial charge in [0.05, 0.1) is 18.4 Å². The summed E-state index contributed by atoms with van der Waals surface area (Å²) in [6.07, 6.45) is 0. The molecule has 1 aromatic carbocycles. The van der Waals surface area contributed by atoms with Crippen LogP contribution in [-0.4, -0.2) is 24.1 Å². The number of rotatable bonds is 4. The molecule has 0 aromatic heterocycles. The van der Waals surface area contributed by atoms with E-state index in [0.29, 0.717) is 11.4 Å². The normalized spacial score (nSPS) is 10.1. The molecule has 0 unspecified atom stereocenters. The Bertz CT molecular complexity index is 440. The smallest absolute Gasteiger partial charge is 0.335 e. The van der Waals surface area contributed by atoms with Gasteiger partial charge in [-0.05, 0) is 18.2 Å². The van der Waals surface area contributed by atoms with Gasteiger partial charge in [-0.2, -0.15) is 0 Å². The lowest BCUT2D eigenvalue weighted by molar-refractivity contribution is -0.118. The second-order valence-corrected chi connectivity index (χ2v) is 3.86. The first-order valence-corrected chi connectivity index (χ1v) is 5.18. The van der Waals surface area contributed by atoms with Crippen molar-refractivity contribution in [2.75, 3.05) is 12.4 Å². The Morgan fingerprint density at radius 2 is 2.00 bits per heavy atom. The highest BCUT2D eigenvalue weighted by Crippen LogP contribution is 2.25. The van der Waals surface area contributed by atoms with E-state index in [9.17, 15) is 9.59 Å². The molecule has 1 aromatic rings. The third kappa shape index (κ3) is 3.21. The van der Waals surface area contributed by atoms with Crippen LogP contribution < -0.4 is 10.1 Å². The van der Waals surface area contributed by atoms with Crippen LogP contribution in [0.4, 0.5) is 5.69 Å². The molecule has 0 atom stereocenters. The van der Waals surface area contributed by atoms with Crippen LogP contribution in [0.2, 0.25) is 0 Å². The summed E-state index contributed by atoms with van der Waals surface area (Å²) >= 11 is 0. The molecule has 17 heavy (non-hydrogen) atoms. The molecule has 0 aliphatic carbocycles. The molecule has 0 radical (unpaired) electrons. The van der Waals surface area contributed by atoms with Gasteiger partial charge < -0.3 is 15.2 Å². The summed E-state index contributed by atoms with van der Waals surface area (Å²) in [6.45, 7) is 3.51. The molecule has 0 heterocycles. The summed E-state index contributed by atoms with van der Waals surface area (Å²) in [5.41, 5.74) is 0.468. The highest BCUT2D eigenvalue weighted by atomic mass is 16.5. The van der Waals surface area contributed by atoms with E-state index in [1.165, 1.54) is 25.3 Å². The number of hydrogen-bond donors (Lipinski definition) is 2. The molecule has 92 valence electrons. The maximum Gasteiger partial charge on any atom is 0.335 e. The molecule has 1 amide bonds. The average molecular weight is 237 g/mol. The number of hydrogen-bond acceptors (Lipinski definition) is 3. The largest absolute Gasteiger partial charge is 0.495 e. The molecule has 0 saturated heterocycles. The summed E-state index contributed by atoms with van der Waals surface area (Å²) in [5, 5.41) is 11.5. The third-order valence-corrected chi connectivity index (χ3v) is 2.23. The molecule has 5 heteroatoms. The molecule has 0 spiro atoms. The fourth-order valence-corrected chi connectivity index (χ4v) is 1.22. The van der Waals surface area contributed by atoms with Crippen LogP contribution in [0.5, 0.6) is 5.75 Å². The number of carboxylic acids is 1. The van der Waals surface area contributed by atoms with E-state index in [0.717, 1.165) is 0 Å². The van der Waals surface area contributed by atoms with Gasteiger partial charge in [0.25, 0.3) is 0 Å². The molecule has 0 fully saturated rings. The summed E-state index contributed by atoms with van der Waals surface area (Å²) in [4.78, 5) is 22.4. The monoisotopic (exact) mass is 237 g/mol. The number of methoxy groups -OCH3 is 1. The van der Waals surface area contributed by atoms with Gasteiger partial charge in [-0.25, -0.2) is 4.79 Å². The van der Waals surface area contributed by atoms with Crippen molar-refractivity contribution in [3.63, 3.8) is 0 Å². The van der Waals surface area contributed by atoms with E-state index in [4.69, 9.17) is 9.84 Å². The van der Waals surface area contributed by atoms with E-state index in [-0.39, 0.29) is 17.4 Å². The number of carbonyl (C=O) groups is 2. The zero-order chi connectivity index (χ0) is 13.0. The lowest BCUT2D eigenvalue weighted by Crippen LogP contribution is -2.18. The predicted molar refractivity (Wildman–Crippen MR) is 63.4 cm³/mol. The van der Waals surface area contributed by atoms with Crippen molar-refractivity contribution in [2.24, 2.45) is 5.92 Å². The fraction of sp³-hybridized carbons (Fsp3) is 0.333. The fourth-order valence-electron chi connectivity index (χ4n) is 1.22. The van der Waals surface area contributed by atoms with Gasteiger partial charge in [0.1, 0.15) is 5.75 Å². The van der Waals surface area contributed by atoms with Crippen molar-refractivity contribution >= 4 is 17.6 Å². The Kier molecular flexibility index (Phi) is 4.09. The minimum atomic E-state index is -1.05. The quantitative estimate of drug-likeness (QED) is 0.839. The standard InChI is InChI=1S/C12H15NO4/c1-7(2)11(14)13-9-6-8(12(15)16)4-5-10(9)17-3/h4-7H,1-3H3,(H,13,14)(H,15,16). The highest BCUT2D eigenvalue weighted by Gasteiger charge is 2.13. The second kappa shape index (κ2) is 5.34. The first-order valence-electron chi connectivity index (χ1n) is 5.18. The van der Waals surface area contributed by atoms with E-state index < -0.39 is 5.97 Å². The first kappa shape index (κ1) is 13.0. The molecule has 2 N–H and O–H groups in total. The van der Waals surface area contributed by atoms with Gasteiger partial charge in [0, 0.05) is 5.92 Å². The zero-order valence-corrected chi connectivity index (χ0v) is 9.98. The number of carboxylic acid groups (broad SMARTS) is 1. The summed E-state index contributed by atoms with van der Waals surface area (Å²) in [6, 6.07) is 4.31. The maximum atomic E-state index is 11.5. The predicted octanol–water partition coefficient (Wildman–Crippen LogP) is 1.99. The second-order valence-electron chi connectivity index (χ2n) is 3.86. The topological polar surface area (TPSA) is 75.6 Å². The van der Waals surface area contributed by atoms with Gasteiger partial charge in [-0.15, -0.1) is 0 Å². The van der Waals surface area contributed by atoms with Crippen LogP contribution in [0, 0.1) is 5.92 Å². The number of ether oxygens (including phenoxy) is 1. The van der Waals surface area contributed by atoms with Crippen molar-refractivity contribution in [2.45, 2.75) is 13.8 Å². The van der Waals surface area contributed by atoms with Crippen molar-refractivity contribution in [1.29, 1.82) is 0 Å². The summed E-state index contributed by atoms with van der Waals surface area (Å²) in [5.74, 6) is -0.990. The van der Waals surface area contributed by atoms with Gasteiger partial charge >= 0.3 is 5.97 Å². The molecule has 0 aliphatic heterocycles. The molecule has 1 rings (SSSR count). The first-order chi connectivity index (χ1) is 7.95. The SMILES string of the molecule is COc1ccc(C(=O)O)cc1NC(=O)C(C)C. The van der Waals surface area contributed by atoms with E-state index in [1.807, 2.05) is 0 Å². The van der Waals surface area contributed by atoms with Gasteiger partial charge in [-0.3, -0.25) is 4.79 Å². The van der Waals surface area contributed by atoms with E-state index in [1.54, 1.807) is 13.8 Å². The van der Waals surface area contributed by atoms with Crippen molar-refractivity contribution in [1.82, 2.24) is 0 Å². The highest BCUT2D eigenvalue weighted by molar-refractivity contribution is 5.96. The number of anilines is 1. The molecule has 0 bridgehead atoms. The van der Waals surface area contributed by atoms with E-state index >= 15 is 0 Å². The lowest BCUT2D eigenvalue weighted by Gasteiger charge is -2.12. The third-order valence-electron chi connectivity index (χ3n) is 2.23. The Balaban J connectivity index is 3.06. The van der Waals surface area contributed by atoms with Crippen LogP contribution in [-0.2, 0) is 4.79 Å². The Morgan fingerprint density at radius 1 is 1.35 bits per heavy atom. The van der Waals surface area contributed by atoms with Gasteiger partial charge in [0.2, 0.25) is 5.91 Å². The molecule has 0 aliphatic rings. The van der Waals surface area contributed by atoms with Crippen LogP contribution >= 0.6 is 0 Å². The molecule has 5 nitrogen and oxygen atoms in total. The minimum Gasteiger partial charge on any atom is -0.495 e. The number of amides is 1. The van der Waals surface area contributed by atoms with Gasteiger partial charge in [0.15, 0.2) is 0 Å². The van der Waals surface area contributed by atoms with Crippen molar-refractivity contribution in [3.05, 3.63) is 23.8 Å².